The summed E-state index contributed by atoms with van der Waals surface area (Å²) in [6, 6.07) is 0. The number of rotatable bonds is 11. The molecule has 35 heavy (non-hydrogen) atoms. The van der Waals surface area contributed by atoms with E-state index in [1.165, 1.54) is 0 Å². The van der Waals surface area contributed by atoms with Gasteiger partial charge in [-0.3, -0.25) is 0 Å². The number of hydrogen-bond donors (Lipinski definition) is 1. The molecule has 0 unspecified atom stereocenters. The first-order chi connectivity index (χ1) is 14.8. The SMILES string of the molecule is C=C(CCC(F)(F)C(F)(F)C(F)(F)C(F)(F)C(F)(F)C(F)(F)C(F)(F)C(F)(F)C(F)(F)F)C(=O)O. The molecule has 0 radical (unpaired) electrons. The third-order valence-corrected chi connectivity index (χ3v) is 4.22. The molecule has 0 aliphatic heterocycles. The lowest BCUT2D eigenvalue weighted by molar-refractivity contribution is -0.468. The number of carboxylic acids is 1. The molecular formula is C14H7F19O2. The van der Waals surface area contributed by atoms with E-state index in [9.17, 15) is 88.2 Å². The average Bonchev–Trinajstić information content (AvgIpc) is 2.63. The molecule has 1 N–H and O–H groups in total. The summed E-state index contributed by atoms with van der Waals surface area (Å²) in [5.41, 5.74) is -1.50. The van der Waals surface area contributed by atoms with E-state index >= 15 is 0 Å². The molecule has 208 valence electrons. The van der Waals surface area contributed by atoms with Gasteiger partial charge in [0.15, 0.2) is 0 Å². The van der Waals surface area contributed by atoms with Crippen LogP contribution in [0.25, 0.3) is 0 Å². The summed E-state index contributed by atoms with van der Waals surface area (Å²) in [5.74, 6) is -69.4. The summed E-state index contributed by atoms with van der Waals surface area (Å²) in [4.78, 5) is 10.3. The van der Waals surface area contributed by atoms with E-state index in [-0.39, 0.29) is 0 Å². The highest BCUT2D eigenvalue weighted by Gasteiger charge is 2.96. The predicted molar refractivity (Wildman–Crippen MR) is 71.6 cm³/mol. The molecule has 0 saturated carbocycles. The minimum atomic E-state index is -8.98. The van der Waals surface area contributed by atoms with Crippen LogP contribution in [-0.4, -0.2) is 64.6 Å². The lowest BCUT2D eigenvalue weighted by atomic mass is 9.86. The highest BCUT2D eigenvalue weighted by molar-refractivity contribution is 5.85. The van der Waals surface area contributed by atoms with Crippen molar-refractivity contribution in [1.82, 2.24) is 0 Å². The smallest absolute Gasteiger partial charge is 0.460 e. The van der Waals surface area contributed by atoms with Gasteiger partial charge in [0.2, 0.25) is 0 Å². The number of halogens is 19. The number of carbonyl (C=O) groups is 1. The maximum Gasteiger partial charge on any atom is 0.460 e. The summed E-state index contributed by atoms with van der Waals surface area (Å²) >= 11 is 0. The van der Waals surface area contributed by atoms with E-state index in [1.807, 2.05) is 0 Å². The van der Waals surface area contributed by atoms with Crippen molar-refractivity contribution in [2.24, 2.45) is 0 Å². The van der Waals surface area contributed by atoms with E-state index in [0.29, 0.717) is 0 Å². The molecule has 0 aromatic rings. The second kappa shape index (κ2) is 8.48. The molecule has 0 saturated heterocycles. The van der Waals surface area contributed by atoms with Crippen LogP contribution in [0.1, 0.15) is 12.8 Å². The predicted octanol–water partition coefficient (Wildman–Crippen LogP) is 7.05. The molecule has 0 atom stereocenters. The standard InChI is InChI=1S/C14H7F19O2/c1-4(5(34)35)2-3-6(15,16)7(17,18)8(19,20)9(21,22)10(23,24)11(25,26)12(27,28)13(29,30)14(31,32)33/h1-3H2,(H,34,35). The third-order valence-electron chi connectivity index (χ3n) is 4.22. The van der Waals surface area contributed by atoms with E-state index in [4.69, 9.17) is 5.11 Å². The van der Waals surface area contributed by atoms with Gasteiger partial charge in [-0.25, -0.2) is 4.79 Å². The van der Waals surface area contributed by atoms with Gasteiger partial charge >= 0.3 is 59.5 Å². The van der Waals surface area contributed by atoms with Crippen LogP contribution in [0.15, 0.2) is 12.2 Å². The minimum absolute atomic E-state index is 1.50. The summed E-state index contributed by atoms with van der Waals surface area (Å²) in [7, 11) is 0. The van der Waals surface area contributed by atoms with Gasteiger partial charge in [-0.05, 0) is 6.42 Å². The van der Waals surface area contributed by atoms with Gasteiger partial charge in [0, 0.05) is 12.0 Å². The largest absolute Gasteiger partial charge is 0.478 e. The Kier molecular flexibility index (Phi) is 7.96. The first-order valence-corrected chi connectivity index (χ1v) is 7.83. The average molecular weight is 568 g/mol. The number of aliphatic carboxylic acids is 1. The van der Waals surface area contributed by atoms with Crippen LogP contribution >= 0.6 is 0 Å². The van der Waals surface area contributed by atoms with Crippen molar-refractivity contribution in [3.8, 4) is 0 Å². The fraction of sp³-hybridized carbons (Fsp3) is 0.786. The molecule has 0 aromatic heterocycles. The number of carboxylic acid groups (broad SMARTS) is 1. The van der Waals surface area contributed by atoms with Gasteiger partial charge < -0.3 is 5.11 Å². The van der Waals surface area contributed by atoms with Crippen LogP contribution in [-0.2, 0) is 4.79 Å². The Hall–Kier alpha value is -2.12. The Morgan fingerprint density at radius 1 is 0.514 bits per heavy atom. The second-order valence-electron chi connectivity index (χ2n) is 6.63. The van der Waals surface area contributed by atoms with Crippen molar-refractivity contribution in [2.45, 2.75) is 66.4 Å². The Labute approximate surface area is 179 Å². The maximum absolute atomic E-state index is 13.5. The van der Waals surface area contributed by atoms with Crippen molar-refractivity contribution in [1.29, 1.82) is 0 Å². The lowest BCUT2D eigenvalue weighted by Crippen LogP contribution is -2.75. The summed E-state index contributed by atoms with van der Waals surface area (Å²) in [6.07, 6.45) is -12.8. The lowest BCUT2D eigenvalue weighted by Gasteiger charge is -2.43. The fourth-order valence-corrected chi connectivity index (χ4v) is 1.97. The van der Waals surface area contributed by atoms with Gasteiger partial charge in [0.25, 0.3) is 0 Å². The topological polar surface area (TPSA) is 37.3 Å². The van der Waals surface area contributed by atoms with Crippen LogP contribution < -0.4 is 0 Å². The van der Waals surface area contributed by atoms with Crippen LogP contribution in [0.5, 0.6) is 0 Å². The van der Waals surface area contributed by atoms with E-state index in [1.54, 1.807) is 0 Å². The Bertz CT molecular complexity index is 822. The Morgan fingerprint density at radius 2 is 0.771 bits per heavy atom. The molecule has 0 aliphatic rings. The highest BCUT2D eigenvalue weighted by Crippen LogP contribution is 2.65. The van der Waals surface area contributed by atoms with Crippen molar-refractivity contribution in [3.63, 3.8) is 0 Å². The fourth-order valence-electron chi connectivity index (χ4n) is 1.97. The van der Waals surface area contributed by atoms with Gasteiger partial charge in [-0.15, -0.1) is 0 Å². The van der Waals surface area contributed by atoms with E-state index in [0.717, 1.165) is 0 Å². The van der Waals surface area contributed by atoms with Crippen molar-refractivity contribution in [2.75, 3.05) is 0 Å². The molecule has 2 nitrogen and oxygen atoms in total. The van der Waals surface area contributed by atoms with Gasteiger partial charge in [0.1, 0.15) is 0 Å². The zero-order valence-corrected chi connectivity index (χ0v) is 15.7. The van der Waals surface area contributed by atoms with E-state index in [2.05, 4.69) is 6.58 Å². The maximum atomic E-state index is 13.5. The third kappa shape index (κ3) is 4.46. The molecule has 0 amide bonds. The highest BCUT2D eigenvalue weighted by atomic mass is 19.4. The Morgan fingerprint density at radius 3 is 1.03 bits per heavy atom. The minimum Gasteiger partial charge on any atom is -0.478 e. The first-order valence-electron chi connectivity index (χ1n) is 7.83. The molecule has 0 rings (SSSR count). The zero-order chi connectivity index (χ0) is 29.1. The number of hydrogen-bond acceptors (Lipinski definition) is 1. The van der Waals surface area contributed by atoms with Gasteiger partial charge in [0.05, 0.1) is 0 Å². The quantitative estimate of drug-likeness (QED) is 0.214. The van der Waals surface area contributed by atoms with Crippen LogP contribution in [0, 0.1) is 0 Å². The van der Waals surface area contributed by atoms with Gasteiger partial charge in [-0.2, -0.15) is 83.4 Å². The molecule has 0 fully saturated rings. The molecule has 0 spiro atoms. The van der Waals surface area contributed by atoms with Crippen molar-refractivity contribution >= 4 is 5.97 Å². The summed E-state index contributed by atoms with van der Waals surface area (Å²) < 4.78 is 248. The second-order valence-corrected chi connectivity index (χ2v) is 6.63. The monoisotopic (exact) mass is 568 g/mol. The normalized spacial score (nSPS) is 15.9. The molecule has 0 heterocycles. The molecule has 21 heteroatoms. The van der Waals surface area contributed by atoms with Gasteiger partial charge in [-0.1, -0.05) is 6.58 Å². The molecule has 0 aromatic carbocycles. The van der Waals surface area contributed by atoms with Crippen molar-refractivity contribution in [3.05, 3.63) is 12.2 Å². The van der Waals surface area contributed by atoms with E-state index < -0.39 is 77.9 Å². The van der Waals surface area contributed by atoms with Crippen LogP contribution in [0.2, 0.25) is 0 Å². The molecular weight excluding hydrogens is 561 g/mol. The number of alkyl halides is 19. The zero-order valence-electron chi connectivity index (χ0n) is 15.7. The molecule has 0 bridgehead atoms. The molecule has 0 aliphatic carbocycles. The van der Waals surface area contributed by atoms with Crippen LogP contribution in [0.4, 0.5) is 83.4 Å². The summed E-state index contributed by atoms with van der Waals surface area (Å²) in [5, 5.41) is 8.27. The summed E-state index contributed by atoms with van der Waals surface area (Å²) in [6.45, 7) is 2.41. The van der Waals surface area contributed by atoms with Crippen LogP contribution in [0.3, 0.4) is 0 Å². The first kappa shape index (κ1) is 32.9. The Balaban J connectivity index is 6.74. The van der Waals surface area contributed by atoms with Crippen molar-refractivity contribution < 1.29 is 93.3 Å².